The molecule has 1 aromatic rings. The van der Waals surface area contributed by atoms with Gasteiger partial charge in [0.2, 0.25) is 5.91 Å². The van der Waals surface area contributed by atoms with E-state index in [2.05, 4.69) is 5.32 Å². The molecule has 2 amide bonds. The van der Waals surface area contributed by atoms with Crippen molar-refractivity contribution >= 4 is 27.6 Å². The van der Waals surface area contributed by atoms with E-state index in [4.69, 9.17) is 5.73 Å². The molecule has 1 rings (SSSR count). The second kappa shape index (κ2) is 7.19. The van der Waals surface area contributed by atoms with Crippen molar-refractivity contribution in [2.24, 2.45) is 0 Å². The van der Waals surface area contributed by atoms with Crippen LogP contribution in [0.15, 0.2) is 18.2 Å². The molecule has 20 heavy (non-hydrogen) atoms. The smallest absolute Gasteiger partial charge is 0.747 e. The van der Waals surface area contributed by atoms with Crippen LogP contribution in [-0.2, 0) is 19.7 Å². The summed E-state index contributed by atoms with van der Waals surface area (Å²) in [6.07, 6.45) is 0. The van der Waals surface area contributed by atoms with Crippen LogP contribution in [0.1, 0.15) is 23.3 Å². The molecular formula is C11H12N2NaO5S. The van der Waals surface area contributed by atoms with Gasteiger partial charge in [-0.15, -0.1) is 0 Å². The van der Waals surface area contributed by atoms with Gasteiger partial charge in [0.1, 0.15) is 10.1 Å². The summed E-state index contributed by atoms with van der Waals surface area (Å²) >= 11 is 0. The van der Waals surface area contributed by atoms with E-state index in [-0.39, 0.29) is 41.0 Å². The molecule has 0 spiro atoms. The third-order valence-corrected chi connectivity index (χ3v) is 3.44. The van der Waals surface area contributed by atoms with E-state index in [9.17, 15) is 22.6 Å². The van der Waals surface area contributed by atoms with Crippen LogP contribution >= 0.6 is 0 Å². The predicted molar refractivity (Wildman–Crippen MR) is 66.0 cm³/mol. The van der Waals surface area contributed by atoms with Crippen LogP contribution in [0.2, 0.25) is 0 Å². The Hall–Kier alpha value is -0.930. The fraction of sp³-hybridized carbons (Fsp3) is 0.273. The van der Waals surface area contributed by atoms with Gasteiger partial charge in [-0.1, -0.05) is 6.07 Å². The fourth-order valence-corrected chi connectivity index (χ4v) is 2.52. The summed E-state index contributed by atoms with van der Waals surface area (Å²) in [5.41, 5.74) is 7.59. The van der Waals surface area contributed by atoms with Crippen LogP contribution in [0.25, 0.3) is 0 Å². The third kappa shape index (κ3) is 4.88. The Kier molecular flexibility index (Phi) is 6.85. The van der Waals surface area contributed by atoms with Gasteiger partial charge in [0, 0.05) is 12.6 Å². The average Bonchev–Trinajstić information content (AvgIpc) is 2.18. The number of rotatable bonds is 4. The van der Waals surface area contributed by atoms with Crippen molar-refractivity contribution in [1.82, 2.24) is 5.73 Å². The molecule has 1 atom stereocenters. The molecule has 0 aliphatic carbocycles. The molecule has 0 aliphatic heterocycles. The van der Waals surface area contributed by atoms with Crippen molar-refractivity contribution in [3.05, 3.63) is 29.3 Å². The Morgan fingerprint density at radius 1 is 1.35 bits per heavy atom. The number of amides is 2. The first-order valence-corrected chi connectivity index (χ1v) is 6.68. The fourth-order valence-electron chi connectivity index (χ4n) is 1.68. The number of aryl methyl sites for hydroxylation is 1. The summed E-state index contributed by atoms with van der Waals surface area (Å²) in [6, 6.07) is 4.04. The summed E-state index contributed by atoms with van der Waals surface area (Å²) < 4.78 is 33.1. The minimum Gasteiger partial charge on any atom is -0.747 e. The summed E-state index contributed by atoms with van der Waals surface area (Å²) in [5, 5.41) is 0.439. The Bertz CT molecular complexity index is 630. The van der Waals surface area contributed by atoms with Crippen molar-refractivity contribution in [2.75, 3.05) is 5.32 Å². The largest absolute Gasteiger partial charge is 1.00 e. The molecule has 0 bridgehead atoms. The first-order valence-electron chi connectivity index (χ1n) is 5.21. The Morgan fingerprint density at radius 3 is 2.25 bits per heavy atom. The molecule has 1 unspecified atom stereocenters. The van der Waals surface area contributed by atoms with Crippen molar-refractivity contribution in [1.29, 1.82) is 0 Å². The van der Waals surface area contributed by atoms with Crippen molar-refractivity contribution in [3.8, 4) is 0 Å². The van der Waals surface area contributed by atoms with E-state index < -0.39 is 21.3 Å². The molecule has 7 nitrogen and oxygen atoms in total. The molecule has 0 fully saturated rings. The van der Waals surface area contributed by atoms with Gasteiger partial charge in [0.05, 0.1) is 0 Å². The molecule has 0 aliphatic rings. The monoisotopic (exact) mass is 307 g/mol. The van der Waals surface area contributed by atoms with Crippen molar-refractivity contribution in [2.45, 2.75) is 19.1 Å². The Balaban J connectivity index is 0.00000361. The van der Waals surface area contributed by atoms with E-state index in [1.165, 1.54) is 32.0 Å². The molecule has 2 N–H and O–H groups in total. The molecule has 0 saturated carbocycles. The van der Waals surface area contributed by atoms with E-state index in [1.54, 1.807) is 0 Å². The minimum atomic E-state index is -4.95. The maximum Gasteiger partial charge on any atom is 1.00 e. The second-order valence-corrected chi connectivity index (χ2v) is 5.45. The van der Waals surface area contributed by atoms with Gasteiger partial charge >= 0.3 is 29.6 Å². The first kappa shape index (κ1) is 19.1. The number of hydrogen-bond acceptors (Lipinski definition) is 5. The van der Waals surface area contributed by atoms with Gasteiger partial charge in [0.25, 0.3) is 5.91 Å². The standard InChI is InChI=1S/C11H13N2O5S.Na/c1-6-5-8(13-7(2)14)3-4-9(6)10(11(12)15)19(16,17)18;/h3-5,10,12H,1-2H3,(H,13,14)(H,16,17,18);/q;+1/p-1. The van der Waals surface area contributed by atoms with E-state index >= 15 is 0 Å². The normalized spacial score (nSPS) is 12.2. The van der Waals surface area contributed by atoms with Gasteiger partial charge in [-0.05, 0) is 30.2 Å². The first-order chi connectivity index (χ1) is 8.62. The van der Waals surface area contributed by atoms with Gasteiger partial charge in [-0.25, -0.2) is 8.42 Å². The third-order valence-electron chi connectivity index (χ3n) is 2.40. The molecule has 9 heteroatoms. The Morgan fingerprint density at radius 2 is 1.90 bits per heavy atom. The Labute approximate surface area is 139 Å². The number of carbonyl (C=O) groups is 2. The number of benzene rings is 1. The zero-order valence-electron chi connectivity index (χ0n) is 11.3. The molecular weight excluding hydrogens is 295 g/mol. The molecule has 0 heterocycles. The van der Waals surface area contributed by atoms with E-state index in [1.807, 2.05) is 0 Å². The zero-order valence-corrected chi connectivity index (χ0v) is 14.1. The SMILES string of the molecule is CC(=O)Nc1ccc(C(C([NH])=O)S(=O)(=O)[O-])c(C)c1.[Na+]. The van der Waals surface area contributed by atoms with Gasteiger partial charge in [-0.3, -0.25) is 15.3 Å². The zero-order chi connectivity index (χ0) is 14.8. The number of hydrogen-bond donors (Lipinski definition) is 1. The molecule has 1 radical (unpaired) electrons. The average molecular weight is 307 g/mol. The number of anilines is 1. The van der Waals surface area contributed by atoms with E-state index in [0.29, 0.717) is 11.3 Å². The summed E-state index contributed by atoms with van der Waals surface area (Å²) in [4.78, 5) is 21.9. The maximum absolute atomic E-state index is 11.0. The summed E-state index contributed by atoms with van der Waals surface area (Å²) in [7, 11) is -4.95. The molecule has 0 aromatic heterocycles. The van der Waals surface area contributed by atoms with Crippen LogP contribution in [-0.4, -0.2) is 24.8 Å². The van der Waals surface area contributed by atoms with Gasteiger partial charge < -0.3 is 9.87 Å². The predicted octanol–water partition coefficient (Wildman–Crippen LogP) is -2.65. The van der Waals surface area contributed by atoms with E-state index in [0.717, 1.165) is 0 Å². The van der Waals surface area contributed by atoms with Crippen molar-refractivity contribution < 1.29 is 52.1 Å². The molecule has 1 aromatic carbocycles. The number of carbonyl (C=O) groups excluding carboxylic acids is 2. The topological polar surface area (TPSA) is 127 Å². The van der Waals surface area contributed by atoms with Crippen LogP contribution < -0.4 is 40.6 Å². The van der Waals surface area contributed by atoms with Crippen molar-refractivity contribution in [3.63, 3.8) is 0 Å². The summed E-state index contributed by atoms with van der Waals surface area (Å²) in [5.74, 6) is -1.79. The van der Waals surface area contributed by atoms with Crippen LogP contribution in [0.3, 0.4) is 0 Å². The van der Waals surface area contributed by atoms with Crippen LogP contribution in [0, 0.1) is 6.92 Å². The van der Waals surface area contributed by atoms with Crippen LogP contribution in [0.4, 0.5) is 5.69 Å². The van der Waals surface area contributed by atoms with Crippen LogP contribution in [0.5, 0.6) is 0 Å². The summed E-state index contributed by atoms with van der Waals surface area (Å²) in [6.45, 7) is 2.79. The molecule has 103 valence electrons. The number of nitrogens with one attached hydrogen (secondary N) is 2. The van der Waals surface area contributed by atoms with Gasteiger partial charge in [-0.2, -0.15) is 0 Å². The molecule has 0 saturated heterocycles. The van der Waals surface area contributed by atoms with Gasteiger partial charge in [0.15, 0.2) is 5.25 Å². The quantitative estimate of drug-likeness (QED) is 0.480. The maximum atomic E-state index is 11.0. The minimum absolute atomic E-state index is 0. The second-order valence-electron chi connectivity index (χ2n) is 3.99.